The largest absolute Gasteiger partial charge is 0.322 e. The molecule has 1 N–H and O–H groups in total. The minimum atomic E-state index is -4.15. The molecule has 140 valence electrons. The lowest BCUT2D eigenvalue weighted by molar-refractivity contribution is -0.136. The van der Waals surface area contributed by atoms with Crippen LogP contribution >= 0.6 is 0 Å². The van der Waals surface area contributed by atoms with Crippen molar-refractivity contribution in [3.8, 4) is 0 Å². The summed E-state index contributed by atoms with van der Waals surface area (Å²) in [6, 6.07) is 4.09. The number of halogens is 1. The van der Waals surface area contributed by atoms with E-state index in [1.54, 1.807) is 0 Å². The molecule has 4 rings (SSSR count). The maximum absolute atomic E-state index is 13.1. The van der Waals surface area contributed by atoms with E-state index in [4.69, 9.17) is 0 Å². The van der Waals surface area contributed by atoms with Gasteiger partial charge in [0.2, 0.25) is 17.8 Å². The SMILES string of the molecule is O=C1CCC(N2Cc3ccc(S(=O)(=O)n4ccc(F)n4)cc3C2=O)C(=O)N1. The summed E-state index contributed by atoms with van der Waals surface area (Å²) in [5.74, 6) is -2.38. The van der Waals surface area contributed by atoms with Crippen molar-refractivity contribution >= 4 is 27.7 Å². The van der Waals surface area contributed by atoms with E-state index in [2.05, 4.69) is 10.4 Å². The molecule has 2 aliphatic rings. The highest BCUT2D eigenvalue weighted by Crippen LogP contribution is 2.29. The van der Waals surface area contributed by atoms with Crippen LogP contribution in [0.25, 0.3) is 0 Å². The zero-order valence-corrected chi connectivity index (χ0v) is 14.6. The standard InChI is InChI=1S/C16H13FN4O5S/c17-13-5-6-21(19-13)27(25,26)10-2-1-9-8-20(16(24)11(9)7-10)12-3-4-14(22)18-15(12)23/h1-2,5-7,12H,3-4,8H2,(H,18,22,23). The normalized spacial score (nSPS) is 20.0. The first kappa shape index (κ1) is 17.3. The first-order valence-electron chi connectivity index (χ1n) is 8.02. The molecule has 2 aliphatic heterocycles. The maximum atomic E-state index is 13.1. The predicted octanol–water partition coefficient (Wildman–Crippen LogP) is 0.0202. The maximum Gasteiger partial charge on any atom is 0.283 e. The smallest absolute Gasteiger partial charge is 0.283 e. The molecule has 2 aromatic rings. The van der Waals surface area contributed by atoms with Gasteiger partial charge in [-0.05, 0) is 24.1 Å². The lowest BCUT2D eigenvalue weighted by Gasteiger charge is -2.29. The van der Waals surface area contributed by atoms with E-state index in [-0.39, 0.29) is 35.8 Å². The predicted molar refractivity (Wildman–Crippen MR) is 87.3 cm³/mol. The van der Waals surface area contributed by atoms with E-state index < -0.39 is 33.8 Å². The number of hydrogen-bond donors (Lipinski definition) is 1. The van der Waals surface area contributed by atoms with Gasteiger partial charge in [0, 0.05) is 30.8 Å². The van der Waals surface area contributed by atoms with Crippen LogP contribution in [0.1, 0.15) is 28.8 Å². The van der Waals surface area contributed by atoms with Crippen LogP contribution in [-0.4, -0.2) is 46.3 Å². The number of amides is 3. The number of hydrogen-bond acceptors (Lipinski definition) is 6. The second-order valence-corrected chi connectivity index (χ2v) is 8.03. The molecule has 9 nitrogen and oxygen atoms in total. The number of carbonyl (C=O) groups excluding carboxylic acids is 3. The Morgan fingerprint density at radius 3 is 2.63 bits per heavy atom. The van der Waals surface area contributed by atoms with Gasteiger partial charge in [0.05, 0.1) is 4.90 Å². The average Bonchev–Trinajstić information content (AvgIpc) is 3.19. The lowest BCUT2D eigenvalue weighted by Crippen LogP contribution is -2.52. The number of nitrogens with one attached hydrogen (secondary N) is 1. The van der Waals surface area contributed by atoms with Crippen molar-refractivity contribution < 1.29 is 27.2 Å². The second kappa shape index (κ2) is 5.98. The number of rotatable bonds is 3. The molecule has 3 heterocycles. The summed E-state index contributed by atoms with van der Waals surface area (Å²) >= 11 is 0. The Morgan fingerprint density at radius 2 is 1.96 bits per heavy atom. The molecule has 1 atom stereocenters. The summed E-state index contributed by atoms with van der Waals surface area (Å²) in [4.78, 5) is 37.1. The van der Waals surface area contributed by atoms with Gasteiger partial charge in [0.25, 0.3) is 15.9 Å². The highest BCUT2D eigenvalue weighted by Gasteiger charge is 2.39. The molecule has 1 aromatic heterocycles. The molecule has 1 fully saturated rings. The van der Waals surface area contributed by atoms with Gasteiger partial charge in [-0.1, -0.05) is 6.07 Å². The highest BCUT2D eigenvalue weighted by atomic mass is 32.2. The van der Waals surface area contributed by atoms with Crippen LogP contribution in [0.3, 0.4) is 0 Å². The number of imide groups is 1. The van der Waals surface area contributed by atoms with Crippen molar-refractivity contribution in [2.75, 3.05) is 0 Å². The Kier molecular flexibility index (Phi) is 3.84. The van der Waals surface area contributed by atoms with Crippen LogP contribution in [0, 0.1) is 5.95 Å². The van der Waals surface area contributed by atoms with Gasteiger partial charge in [-0.15, -0.1) is 5.10 Å². The van der Waals surface area contributed by atoms with Crippen LogP contribution in [-0.2, 0) is 26.2 Å². The Bertz CT molecular complexity index is 1090. The quantitative estimate of drug-likeness (QED) is 0.736. The third kappa shape index (κ3) is 2.79. The van der Waals surface area contributed by atoms with Crippen molar-refractivity contribution in [2.24, 2.45) is 0 Å². The number of aromatic nitrogens is 2. The molecule has 0 radical (unpaired) electrons. The number of piperidine rings is 1. The Morgan fingerprint density at radius 1 is 1.19 bits per heavy atom. The van der Waals surface area contributed by atoms with Crippen LogP contribution in [0.15, 0.2) is 35.4 Å². The lowest BCUT2D eigenvalue weighted by atomic mass is 10.0. The second-order valence-electron chi connectivity index (χ2n) is 6.23. The molecule has 0 spiro atoms. The van der Waals surface area contributed by atoms with Gasteiger partial charge in [0.1, 0.15) is 6.04 Å². The van der Waals surface area contributed by atoms with E-state index in [1.165, 1.54) is 23.1 Å². The van der Waals surface area contributed by atoms with Gasteiger partial charge in [0.15, 0.2) is 0 Å². The topological polar surface area (TPSA) is 118 Å². The van der Waals surface area contributed by atoms with Crippen molar-refractivity contribution in [3.63, 3.8) is 0 Å². The van der Waals surface area contributed by atoms with Crippen LogP contribution < -0.4 is 5.32 Å². The minimum absolute atomic E-state index is 0.126. The number of benzene rings is 1. The molecule has 0 aliphatic carbocycles. The first-order chi connectivity index (χ1) is 12.8. The van der Waals surface area contributed by atoms with E-state index in [0.29, 0.717) is 9.65 Å². The van der Waals surface area contributed by atoms with Gasteiger partial charge >= 0.3 is 0 Å². The summed E-state index contributed by atoms with van der Waals surface area (Å²) in [5, 5.41) is 5.46. The molecule has 27 heavy (non-hydrogen) atoms. The Labute approximate surface area is 152 Å². The van der Waals surface area contributed by atoms with Crippen molar-refractivity contribution in [2.45, 2.75) is 30.3 Å². The monoisotopic (exact) mass is 392 g/mol. The zero-order valence-electron chi connectivity index (χ0n) is 13.8. The molecule has 0 saturated carbocycles. The van der Waals surface area contributed by atoms with Crippen LogP contribution in [0.4, 0.5) is 4.39 Å². The van der Waals surface area contributed by atoms with Crippen molar-refractivity contribution in [3.05, 3.63) is 47.5 Å². The van der Waals surface area contributed by atoms with Crippen LogP contribution in [0.2, 0.25) is 0 Å². The molecule has 1 aromatic carbocycles. The van der Waals surface area contributed by atoms with E-state index in [1.807, 2.05) is 0 Å². The molecular weight excluding hydrogens is 379 g/mol. The van der Waals surface area contributed by atoms with Gasteiger partial charge in [-0.2, -0.15) is 16.9 Å². The van der Waals surface area contributed by atoms with Crippen molar-refractivity contribution in [1.29, 1.82) is 0 Å². The molecule has 3 amide bonds. The molecule has 11 heteroatoms. The van der Waals surface area contributed by atoms with Crippen molar-refractivity contribution in [1.82, 2.24) is 19.4 Å². The zero-order chi connectivity index (χ0) is 19.3. The molecule has 0 bridgehead atoms. The molecular formula is C16H13FN4O5S. The summed E-state index contributed by atoms with van der Waals surface area (Å²) < 4.78 is 38.6. The fourth-order valence-electron chi connectivity index (χ4n) is 3.22. The summed E-state index contributed by atoms with van der Waals surface area (Å²) in [5.41, 5.74) is 0.712. The van der Waals surface area contributed by atoms with Gasteiger partial charge in [-0.25, -0.2) is 0 Å². The Hall–Kier alpha value is -3.08. The summed E-state index contributed by atoms with van der Waals surface area (Å²) in [7, 11) is -4.15. The number of fused-ring (bicyclic) bond motifs is 1. The Balaban J connectivity index is 1.66. The summed E-state index contributed by atoms with van der Waals surface area (Å²) in [6.45, 7) is 0.136. The third-order valence-corrected chi connectivity index (χ3v) is 6.12. The van der Waals surface area contributed by atoms with Crippen LogP contribution in [0.5, 0.6) is 0 Å². The van der Waals surface area contributed by atoms with E-state index in [9.17, 15) is 27.2 Å². The summed E-state index contributed by atoms with van der Waals surface area (Å²) in [6.07, 6.45) is 1.30. The number of nitrogens with zero attached hydrogens (tertiary/aromatic N) is 3. The van der Waals surface area contributed by atoms with E-state index >= 15 is 0 Å². The van der Waals surface area contributed by atoms with E-state index in [0.717, 1.165) is 12.3 Å². The highest BCUT2D eigenvalue weighted by molar-refractivity contribution is 7.89. The number of carbonyl (C=O) groups is 3. The molecule has 1 saturated heterocycles. The van der Waals surface area contributed by atoms with Gasteiger partial charge < -0.3 is 4.90 Å². The average molecular weight is 392 g/mol. The third-order valence-electron chi connectivity index (χ3n) is 4.58. The molecule has 1 unspecified atom stereocenters. The minimum Gasteiger partial charge on any atom is -0.322 e. The van der Waals surface area contributed by atoms with Gasteiger partial charge in [-0.3, -0.25) is 19.7 Å². The first-order valence-corrected chi connectivity index (χ1v) is 9.46. The fourth-order valence-corrected chi connectivity index (χ4v) is 4.35. The fraction of sp³-hybridized carbons (Fsp3) is 0.250.